The third-order valence-corrected chi connectivity index (χ3v) is 3.69. The Balaban J connectivity index is 1.88. The third-order valence-electron chi connectivity index (χ3n) is 3.69. The summed E-state index contributed by atoms with van der Waals surface area (Å²) in [7, 11) is 0. The molecule has 3 rings (SSSR count). The van der Waals surface area contributed by atoms with Crippen LogP contribution in [0.5, 0.6) is 0 Å². The van der Waals surface area contributed by atoms with Crippen molar-refractivity contribution < 1.29 is 0 Å². The van der Waals surface area contributed by atoms with Gasteiger partial charge in [0.25, 0.3) is 0 Å². The highest BCUT2D eigenvalue weighted by Crippen LogP contribution is 2.65. The van der Waals surface area contributed by atoms with Gasteiger partial charge in [-0.15, -0.1) is 0 Å². The molecule has 0 aliphatic heterocycles. The van der Waals surface area contributed by atoms with Gasteiger partial charge in [-0.3, -0.25) is 0 Å². The van der Waals surface area contributed by atoms with Crippen molar-refractivity contribution in [2.24, 2.45) is 10.8 Å². The minimum absolute atomic E-state index is 0.559. The Labute approximate surface area is 68.0 Å². The number of rotatable bonds is 0. The molecule has 0 aromatic rings. The lowest BCUT2D eigenvalue weighted by molar-refractivity contribution is 0.334. The highest BCUT2D eigenvalue weighted by atomic mass is 14.6. The largest absolute Gasteiger partial charge is 0.0765 e. The molecule has 0 aromatic carbocycles. The van der Waals surface area contributed by atoms with Crippen LogP contribution in [0.1, 0.15) is 32.1 Å². The predicted molar refractivity (Wildman–Crippen MR) is 46.2 cm³/mol. The summed E-state index contributed by atoms with van der Waals surface area (Å²) >= 11 is 0. The maximum atomic E-state index is 2.43. The van der Waals surface area contributed by atoms with Gasteiger partial charge in [0, 0.05) is 10.8 Å². The summed E-state index contributed by atoms with van der Waals surface area (Å²) in [5.74, 6) is 0. The number of hydrogen-bond donors (Lipinski definition) is 0. The predicted octanol–water partition coefficient (Wildman–Crippen LogP) is 3.06. The van der Waals surface area contributed by atoms with Gasteiger partial charge in [0.2, 0.25) is 0 Å². The molecule has 0 radical (unpaired) electrons. The van der Waals surface area contributed by atoms with Gasteiger partial charge in [0.1, 0.15) is 0 Å². The summed E-state index contributed by atoms with van der Waals surface area (Å²) in [5, 5.41) is 0. The normalized spacial score (nSPS) is 34.2. The van der Waals surface area contributed by atoms with Crippen molar-refractivity contribution in [1.29, 1.82) is 0 Å². The first-order valence-corrected chi connectivity index (χ1v) is 4.78. The molecule has 0 aromatic heterocycles. The number of hydrogen-bond acceptors (Lipinski definition) is 0. The van der Waals surface area contributed by atoms with Crippen molar-refractivity contribution in [2.75, 3.05) is 0 Å². The molecule has 0 heterocycles. The van der Waals surface area contributed by atoms with Gasteiger partial charge in [-0.05, 0) is 12.8 Å². The van der Waals surface area contributed by atoms with Crippen LogP contribution in [0, 0.1) is 10.8 Å². The van der Waals surface area contributed by atoms with Gasteiger partial charge < -0.3 is 0 Å². The molecule has 0 heteroatoms. The molecule has 11 heavy (non-hydrogen) atoms. The molecule has 0 amide bonds. The highest BCUT2D eigenvalue weighted by Gasteiger charge is 2.56. The van der Waals surface area contributed by atoms with Crippen LogP contribution in [0.3, 0.4) is 0 Å². The van der Waals surface area contributed by atoms with Gasteiger partial charge in [-0.25, -0.2) is 0 Å². The molecular formula is C11H14. The average molecular weight is 146 g/mol. The summed E-state index contributed by atoms with van der Waals surface area (Å²) in [6.45, 7) is 0. The summed E-state index contributed by atoms with van der Waals surface area (Å²) in [6, 6.07) is 0. The maximum absolute atomic E-state index is 2.43. The van der Waals surface area contributed by atoms with Gasteiger partial charge in [0.05, 0.1) is 0 Å². The SMILES string of the molecule is C1=CC12CCCCCC21C=C1. The first-order chi connectivity index (χ1) is 5.37. The average Bonchev–Trinajstić information content (AvgIpc) is 2.80. The Kier molecular flexibility index (Phi) is 0.894. The molecule has 58 valence electrons. The summed E-state index contributed by atoms with van der Waals surface area (Å²) < 4.78 is 0. The zero-order valence-corrected chi connectivity index (χ0v) is 6.84. The molecule has 0 bridgehead atoms. The lowest BCUT2D eigenvalue weighted by Gasteiger charge is -2.25. The van der Waals surface area contributed by atoms with E-state index in [1.165, 1.54) is 32.1 Å². The summed E-state index contributed by atoms with van der Waals surface area (Å²) in [4.78, 5) is 0. The summed E-state index contributed by atoms with van der Waals surface area (Å²) in [6.07, 6.45) is 16.9. The second kappa shape index (κ2) is 1.63. The minimum Gasteiger partial charge on any atom is -0.0765 e. The topological polar surface area (TPSA) is 0 Å². The lowest BCUT2D eigenvalue weighted by Crippen LogP contribution is -2.18. The summed E-state index contributed by atoms with van der Waals surface area (Å²) in [5.41, 5.74) is 1.12. The Morgan fingerprint density at radius 1 is 0.636 bits per heavy atom. The smallest absolute Gasteiger partial charge is 0.0188 e. The van der Waals surface area contributed by atoms with Crippen LogP contribution >= 0.6 is 0 Å². The van der Waals surface area contributed by atoms with E-state index in [1.54, 1.807) is 0 Å². The van der Waals surface area contributed by atoms with Crippen molar-refractivity contribution in [3.63, 3.8) is 0 Å². The molecule has 0 N–H and O–H groups in total. The van der Waals surface area contributed by atoms with E-state index < -0.39 is 0 Å². The third kappa shape index (κ3) is 0.654. The van der Waals surface area contributed by atoms with Crippen molar-refractivity contribution in [3.8, 4) is 0 Å². The van der Waals surface area contributed by atoms with Gasteiger partial charge in [-0.1, -0.05) is 43.6 Å². The Morgan fingerprint density at radius 3 is 1.45 bits per heavy atom. The van der Waals surface area contributed by atoms with Gasteiger partial charge in [-0.2, -0.15) is 0 Å². The molecule has 3 aliphatic carbocycles. The molecule has 0 unspecified atom stereocenters. The second-order valence-electron chi connectivity index (χ2n) is 4.31. The zero-order chi connectivity index (χ0) is 7.36. The fourth-order valence-electron chi connectivity index (χ4n) is 2.63. The highest BCUT2D eigenvalue weighted by molar-refractivity contribution is 5.46. The first-order valence-electron chi connectivity index (χ1n) is 4.78. The van der Waals surface area contributed by atoms with E-state index in [1.807, 2.05) is 0 Å². The monoisotopic (exact) mass is 146 g/mol. The Hall–Kier alpha value is -0.520. The zero-order valence-electron chi connectivity index (χ0n) is 6.84. The molecule has 2 spiro atoms. The Morgan fingerprint density at radius 2 is 1.09 bits per heavy atom. The van der Waals surface area contributed by atoms with Gasteiger partial charge in [0.15, 0.2) is 0 Å². The van der Waals surface area contributed by atoms with Crippen molar-refractivity contribution in [1.82, 2.24) is 0 Å². The molecule has 1 fully saturated rings. The Bertz CT molecular complexity index is 207. The van der Waals surface area contributed by atoms with E-state index in [-0.39, 0.29) is 0 Å². The number of fused-ring (bicyclic) bond motifs is 1. The van der Waals surface area contributed by atoms with Crippen molar-refractivity contribution in [2.45, 2.75) is 32.1 Å². The van der Waals surface area contributed by atoms with Crippen molar-refractivity contribution in [3.05, 3.63) is 24.3 Å². The van der Waals surface area contributed by atoms with E-state index in [9.17, 15) is 0 Å². The van der Waals surface area contributed by atoms with Crippen LogP contribution in [0.4, 0.5) is 0 Å². The van der Waals surface area contributed by atoms with Crippen LogP contribution in [-0.2, 0) is 0 Å². The fraction of sp³-hybridized carbons (Fsp3) is 0.636. The van der Waals surface area contributed by atoms with Crippen LogP contribution in [0.15, 0.2) is 24.3 Å². The lowest BCUT2D eigenvalue weighted by atomic mass is 9.77. The molecule has 0 atom stereocenters. The van der Waals surface area contributed by atoms with E-state index in [0.29, 0.717) is 10.8 Å². The second-order valence-corrected chi connectivity index (χ2v) is 4.31. The maximum Gasteiger partial charge on any atom is 0.0188 e. The van der Waals surface area contributed by atoms with Crippen LogP contribution < -0.4 is 0 Å². The number of allylic oxidation sites excluding steroid dienone is 4. The quantitative estimate of drug-likeness (QED) is 0.461. The van der Waals surface area contributed by atoms with E-state index in [0.717, 1.165) is 0 Å². The first kappa shape index (κ1) is 6.05. The van der Waals surface area contributed by atoms with Gasteiger partial charge >= 0.3 is 0 Å². The van der Waals surface area contributed by atoms with Crippen LogP contribution in [0.25, 0.3) is 0 Å². The van der Waals surface area contributed by atoms with E-state index in [2.05, 4.69) is 24.3 Å². The minimum atomic E-state index is 0.559. The van der Waals surface area contributed by atoms with Crippen LogP contribution in [-0.4, -0.2) is 0 Å². The molecule has 1 saturated carbocycles. The van der Waals surface area contributed by atoms with E-state index in [4.69, 9.17) is 0 Å². The molecular weight excluding hydrogens is 132 g/mol. The molecule has 0 saturated heterocycles. The molecule has 0 nitrogen and oxygen atoms in total. The molecule has 3 aliphatic rings. The standard InChI is InChI=1S/C11H14/c1-2-4-10(6-7-10)11(5-3-1)8-9-11/h6-9H,1-5H2. The van der Waals surface area contributed by atoms with Crippen molar-refractivity contribution >= 4 is 0 Å². The van der Waals surface area contributed by atoms with E-state index >= 15 is 0 Å². The fourth-order valence-corrected chi connectivity index (χ4v) is 2.63. The van der Waals surface area contributed by atoms with Crippen LogP contribution in [0.2, 0.25) is 0 Å².